The van der Waals surface area contributed by atoms with E-state index >= 15 is 0 Å². The van der Waals surface area contributed by atoms with Crippen molar-refractivity contribution >= 4 is 0 Å². The average Bonchev–Trinajstić information content (AvgIpc) is 2.01. The van der Waals surface area contributed by atoms with E-state index in [1.165, 1.54) is 12.3 Å². The Kier molecular flexibility index (Phi) is 2.98. The lowest BCUT2D eigenvalue weighted by Gasteiger charge is -1.97. The molecule has 0 fully saturated rings. The third-order valence-corrected chi connectivity index (χ3v) is 1.39. The summed E-state index contributed by atoms with van der Waals surface area (Å²) in [5.74, 6) is -0.319. The van der Waals surface area contributed by atoms with Crippen molar-refractivity contribution in [2.45, 2.75) is 12.8 Å². The molecule has 0 bridgehead atoms. The van der Waals surface area contributed by atoms with Gasteiger partial charge in [-0.25, -0.2) is 4.39 Å². The molecule has 1 aromatic heterocycles. The van der Waals surface area contributed by atoms with Gasteiger partial charge in [0.05, 0.1) is 6.20 Å². The summed E-state index contributed by atoms with van der Waals surface area (Å²) < 4.78 is 12.5. The first-order chi connectivity index (χ1) is 5.33. The summed E-state index contributed by atoms with van der Waals surface area (Å²) in [6.07, 6.45) is 4.12. The number of halogens is 1. The minimum atomic E-state index is -0.319. The number of pyridine rings is 1. The molecule has 0 atom stereocenters. The fourth-order valence-electron chi connectivity index (χ4n) is 0.876. The summed E-state index contributed by atoms with van der Waals surface area (Å²) in [7, 11) is 0. The molecule has 1 aromatic rings. The van der Waals surface area contributed by atoms with Gasteiger partial charge in [-0.15, -0.1) is 0 Å². The molecule has 3 heteroatoms. The summed E-state index contributed by atoms with van der Waals surface area (Å²) in [5.41, 5.74) is 0.832. The lowest BCUT2D eigenvalue weighted by atomic mass is 10.2. The molecule has 60 valence electrons. The molecule has 0 aliphatic heterocycles. The van der Waals surface area contributed by atoms with Gasteiger partial charge in [0.25, 0.3) is 0 Å². The SMILES string of the molecule is OCCCc1cncc(F)c1. The van der Waals surface area contributed by atoms with E-state index in [9.17, 15) is 4.39 Å². The van der Waals surface area contributed by atoms with Gasteiger partial charge in [0.15, 0.2) is 0 Å². The molecule has 0 unspecified atom stereocenters. The predicted molar refractivity (Wildman–Crippen MR) is 39.6 cm³/mol. The van der Waals surface area contributed by atoms with Crippen LogP contribution in [0.15, 0.2) is 18.5 Å². The van der Waals surface area contributed by atoms with Gasteiger partial charge in [0.2, 0.25) is 0 Å². The zero-order valence-corrected chi connectivity index (χ0v) is 6.13. The maximum Gasteiger partial charge on any atom is 0.141 e. The molecule has 0 spiro atoms. The van der Waals surface area contributed by atoms with Crippen molar-refractivity contribution in [3.63, 3.8) is 0 Å². The van der Waals surface area contributed by atoms with E-state index in [2.05, 4.69) is 4.98 Å². The van der Waals surface area contributed by atoms with E-state index in [-0.39, 0.29) is 12.4 Å². The first-order valence-electron chi connectivity index (χ1n) is 3.53. The van der Waals surface area contributed by atoms with Crippen LogP contribution in [-0.2, 0) is 6.42 Å². The molecule has 1 heterocycles. The second-order valence-electron chi connectivity index (χ2n) is 2.34. The van der Waals surface area contributed by atoms with Crippen molar-refractivity contribution in [1.82, 2.24) is 4.98 Å². The maximum absolute atomic E-state index is 12.5. The van der Waals surface area contributed by atoms with Crippen molar-refractivity contribution in [2.75, 3.05) is 6.61 Å². The van der Waals surface area contributed by atoms with Crippen LogP contribution >= 0.6 is 0 Å². The fraction of sp³-hybridized carbons (Fsp3) is 0.375. The lowest BCUT2D eigenvalue weighted by Crippen LogP contribution is -1.91. The molecule has 0 amide bonds. The van der Waals surface area contributed by atoms with Crippen molar-refractivity contribution in [1.29, 1.82) is 0 Å². The quantitative estimate of drug-likeness (QED) is 0.710. The van der Waals surface area contributed by atoms with E-state index in [0.717, 1.165) is 5.56 Å². The fourth-order valence-corrected chi connectivity index (χ4v) is 0.876. The zero-order valence-electron chi connectivity index (χ0n) is 6.13. The third kappa shape index (κ3) is 2.63. The number of aromatic nitrogens is 1. The van der Waals surface area contributed by atoms with Crippen molar-refractivity contribution < 1.29 is 9.50 Å². The Morgan fingerprint density at radius 1 is 1.45 bits per heavy atom. The molecule has 0 aliphatic carbocycles. The van der Waals surface area contributed by atoms with Crippen molar-refractivity contribution in [2.24, 2.45) is 0 Å². The Bertz CT molecular complexity index is 227. The normalized spacial score (nSPS) is 10.0. The highest BCUT2D eigenvalue weighted by molar-refractivity contribution is 5.09. The highest BCUT2D eigenvalue weighted by atomic mass is 19.1. The lowest BCUT2D eigenvalue weighted by molar-refractivity contribution is 0.288. The minimum absolute atomic E-state index is 0.135. The summed E-state index contributed by atoms with van der Waals surface area (Å²) in [4.78, 5) is 3.68. The van der Waals surface area contributed by atoms with E-state index in [0.29, 0.717) is 12.8 Å². The molecular weight excluding hydrogens is 145 g/mol. The van der Waals surface area contributed by atoms with Gasteiger partial charge >= 0.3 is 0 Å². The molecule has 0 saturated carbocycles. The summed E-state index contributed by atoms with van der Waals surface area (Å²) in [5, 5.41) is 8.48. The highest BCUT2D eigenvalue weighted by Crippen LogP contribution is 2.02. The molecule has 0 aliphatic rings. The number of hydrogen-bond acceptors (Lipinski definition) is 2. The standard InChI is InChI=1S/C8H10FNO/c9-8-4-7(2-1-3-11)5-10-6-8/h4-6,11H,1-3H2. The average molecular weight is 155 g/mol. The van der Waals surface area contributed by atoms with E-state index < -0.39 is 0 Å². The largest absolute Gasteiger partial charge is 0.396 e. The van der Waals surface area contributed by atoms with Crippen LogP contribution in [0.2, 0.25) is 0 Å². The zero-order chi connectivity index (χ0) is 8.10. The van der Waals surface area contributed by atoms with E-state index in [1.807, 2.05) is 0 Å². The molecule has 0 saturated heterocycles. The molecule has 0 aromatic carbocycles. The van der Waals surface area contributed by atoms with Gasteiger partial charge in [-0.1, -0.05) is 0 Å². The molecule has 1 rings (SSSR count). The number of hydrogen-bond donors (Lipinski definition) is 1. The van der Waals surface area contributed by atoms with Crippen LogP contribution in [-0.4, -0.2) is 16.7 Å². The van der Waals surface area contributed by atoms with Gasteiger partial charge < -0.3 is 5.11 Å². The van der Waals surface area contributed by atoms with Crippen molar-refractivity contribution in [3.8, 4) is 0 Å². The highest BCUT2D eigenvalue weighted by Gasteiger charge is 1.94. The summed E-state index contributed by atoms with van der Waals surface area (Å²) in [6, 6.07) is 1.43. The number of aliphatic hydroxyl groups excluding tert-OH is 1. The Morgan fingerprint density at radius 2 is 2.27 bits per heavy atom. The number of nitrogens with zero attached hydrogens (tertiary/aromatic N) is 1. The molecule has 1 N–H and O–H groups in total. The number of rotatable bonds is 3. The first kappa shape index (κ1) is 8.14. The Labute approximate surface area is 64.7 Å². The predicted octanol–water partition coefficient (Wildman–Crippen LogP) is 1.15. The molecule has 0 radical (unpaired) electrons. The van der Waals surface area contributed by atoms with E-state index in [4.69, 9.17) is 5.11 Å². The third-order valence-electron chi connectivity index (χ3n) is 1.39. The number of aryl methyl sites for hydroxylation is 1. The first-order valence-corrected chi connectivity index (χ1v) is 3.53. The summed E-state index contributed by atoms with van der Waals surface area (Å²) >= 11 is 0. The second kappa shape index (κ2) is 4.03. The monoisotopic (exact) mass is 155 g/mol. The smallest absolute Gasteiger partial charge is 0.141 e. The molecular formula is C8H10FNO. The molecule has 11 heavy (non-hydrogen) atoms. The van der Waals surface area contributed by atoms with Crippen LogP contribution in [0.3, 0.4) is 0 Å². The topological polar surface area (TPSA) is 33.1 Å². The summed E-state index contributed by atoms with van der Waals surface area (Å²) in [6.45, 7) is 0.135. The van der Waals surface area contributed by atoms with Crippen molar-refractivity contribution in [3.05, 3.63) is 29.8 Å². The van der Waals surface area contributed by atoms with Crippen LogP contribution in [0.4, 0.5) is 4.39 Å². The Morgan fingerprint density at radius 3 is 2.91 bits per heavy atom. The van der Waals surface area contributed by atoms with Gasteiger partial charge in [0.1, 0.15) is 5.82 Å². The Balaban J connectivity index is 2.56. The number of aliphatic hydroxyl groups is 1. The minimum Gasteiger partial charge on any atom is -0.396 e. The van der Waals surface area contributed by atoms with Crippen LogP contribution in [0, 0.1) is 5.82 Å². The van der Waals surface area contributed by atoms with Crippen LogP contribution in [0.5, 0.6) is 0 Å². The van der Waals surface area contributed by atoms with Gasteiger partial charge in [-0.2, -0.15) is 0 Å². The van der Waals surface area contributed by atoms with Gasteiger partial charge in [-0.3, -0.25) is 4.98 Å². The maximum atomic E-state index is 12.5. The van der Waals surface area contributed by atoms with E-state index in [1.54, 1.807) is 6.20 Å². The van der Waals surface area contributed by atoms with Crippen LogP contribution in [0.1, 0.15) is 12.0 Å². The Hall–Kier alpha value is -0.960. The van der Waals surface area contributed by atoms with Crippen LogP contribution < -0.4 is 0 Å². The van der Waals surface area contributed by atoms with Crippen LogP contribution in [0.25, 0.3) is 0 Å². The second-order valence-corrected chi connectivity index (χ2v) is 2.34. The molecule has 2 nitrogen and oxygen atoms in total. The van der Waals surface area contributed by atoms with Gasteiger partial charge in [0, 0.05) is 12.8 Å². The van der Waals surface area contributed by atoms with Gasteiger partial charge in [-0.05, 0) is 24.5 Å².